The molecule has 28 heavy (non-hydrogen) atoms. The van der Waals surface area contributed by atoms with Crippen LogP contribution < -0.4 is 16.4 Å². The Labute approximate surface area is 162 Å². The first-order valence-corrected chi connectivity index (χ1v) is 8.97. The Kier molecular flexibility index (Phi) is 5.82. The third kappa shape index (κ3) is 4.08. The summed E-state index contributed by atoms with van der Waals surface area (Å²) in [5.74, 6) is -0.408. The van der Waals surface area contributed by atoms with E-state index in [2.05, 4.69) is 16.0 Å². The van der Waals surface area contributed by atoms with Crippen LogP contribution in [0, 0.1) is 25.2 Å². The summed E-state index contributed by atoms with van der Waals surface area (Å²) in [5, 5.41) is 14.3. The van der Waals surface area contributed by atoms with Gasteiger partial charge in [0.1, 0.15) is 6.54 Å². The molecule has 0 atom stereocenters. The zero-order valence-corrected chi connectivity index (χ0v) is 15.8. The number of rotatable bonds is 6. The van der Waals surface area contributed by atoms with Crippen LogP contribution in [0.3, 0.4) is 0 Å². The Hall–Kier alpha value is -3.50. The van der Waals surface area contributed by atoms with E-state index in [9.17, 15) is 9.59 Å². The molecule has 2 N–H and O–H groups in total. The highest BCUT2D eigenvalue weighted by molar-refractivity contribution is 5.94. The Balaban J connectivity index is 2.01. The minimum atomic E-state index is -0.408. The van der Waals surface area contributed by atoms with Crippen LogP contribution in [0.15, 0.2) is 47.3 Å². The second-order valence-electron chi connectivity index (χ2n) is 6.54. The standard InChI is InChI=1S/C21H21N5O2/c1-14-8-9-16(12-15(14)2)20-17-6-3-4-7-18(17)21(28)26(25-20)13-19(27)24-23-11-5-10-22/h3-4,6-9,12,23H,5,11,13H2,1-2H3,(H,24,27). The van der Waals surface area contributed by atoms with E-state index in [1.807, 2.05) is 50.2 Å². The molecule has 0 aliphatic rings. The number of hydrogen-bond donors (Lipinski definition) is 2. The average molecular weight is 375 g/mol. The van der Waals surface area contributed by atoms with Crippen LogP contribution in [0.2, 0.25) is 0 Å². The first-order valence-electron chi connectivity index (χ1n) is 8.97. The molecule has 2 aromatic carbocycles. The normalized spacial score (nSPS) is 10.6. The van der Waals surface area contributed by atoms with Crippen molar-refractivity contribution in [2.75, 3.05) is 6.54 Å². The SMILES string of the molecule is Cc1ccc(-c2nn(CC(=O)NNCCC#N)c(=O)c3ccccc23)cc1C. The average Bonchev–Trinajstić information content (AvgIpc) is 2.70. The molecule has 0 unspecified atom stereocenters. The van der Waals surface area contributed by atoms with E-state index in [0.29, 0.717) is 17.6 Å². The van der Waals surface area contributed by atoms with Crippen molar-refractivity contribution in [3.63, 3.8) is 0 Å². The van der Waals surface area contributed by atoms with E-state index in [4.69, 9.17) is 5.26 Å². The molecular weight excluding hydrogens is 354 g/mol. The molecule has 0 aliphatic carbocycles. The Bertz CT molecular complexity index is 1130. The summed E-state index contributed by atoms with van der Waals surface area (Å²) in [5.41, 5.74) is 8.65. The van der Waals surface area contributed by atoms with Crippen LogP contribution in [0.5, 0.6) is 0 Å². The summed E-state index contributed by atoms with van der Waals surface area (Å²) < 4.78 is 1.17. The fourth-order valence-electron chi connectivity index (χ4n) is 2.90. The first kappa shape index (κ1) is 19.3. The van der Waals surface area contributed by atoms with E-state index < -0.39 is 5.91 Å². The van der Waals surface area contributed by atoms with Gasteiger partial charge in [-0.1, -0.05) is 30.3 Å². The smallest absolute Gasteiger partial charge is 0.275 e. The van der Waals surface area contributed by atoms with Crippen molar-refractivity contribution in [2.45, 2.75) is 26.8 Å². The molecule has 7 nitrogen and oxygen atoms in total. The van der Waals surface area contributed by atoms with Crippen molar-refractivity contribution < 1.29 is 4.79 Å². The molecule has 0 saturated carbocycles. The van der Waals surface area contributed by atoms with Gasteiger partial charge in [0.15, 0.2) is 0 Å². The number of nitrogens with one attached hydrogen (secondary N) is 2. The fourth-order valence-corrected chi connectivity index (χ4v) is 2.90. The molecule has 1 heterocycles. The number of hydrogen-bond acceptors (Lipinski definition) is 5. The molecular formula is C21H21N5O2. The first-order chi connectivity index (χ1) is 13.5. The van der Waals surface area contributed by atoms with Gasteiger partial charge in [-0.3, -0.25) is 15.0 Å². The lowest BCUT2D eigenvalue weighted by atomic mass is 10.0. The van der Waals surface area contributed by atoms with E-state index in [1.54, 1.807) is 12.1 Å². The summed E-state index contributed by atoms with van der Waals surface area (Å²) in [6.07, 6.45) is 0.269. The summed E-state index contributed by atoms with van der Waals surface area (Å²) in [6, 6.07) is 15.2. The highest BCUT2D eigenvalue weighted by Gasteiger charge is 2.14. The molecule has 0 aliphatic heterocycles. The van der Waals surface area contributed by atoms with Crippen molar-refractivity contribution in [1.29, 1.82) is 5.26 Å². The third-order valence-electron chi connectivity index (χ3n) is 4.53. The highest BCUT2D eigenvalue weighted by Crippen LogP contribution is 2.26. The van der Waals surface area contributed by atoms with E-state index in [1.165, 1.54) is 10.2 Å². The predicted octanol–water partition coefficient (Wildman–Crippen LogP) is 2.21. The number of amides is 1. The Morgan fingerprint density at radius 3 is 2.61 bits per heavy atom. The number of carbonyl (C=O) groups excluding carboxylic acids is 1. The van der Waals surface area contributed by atoms with Gasteiger partial charge in [0, 0.05) is 23.9 Å². The molecule has 3 rings (SSSR count). The Morgan fingerprint density at radius 1 is 1.14 bits per heavy atom. The van der Waals surface area contributed by atoms with Crippen molar-refractivity contribution in [3.05, 3.63) is 63.9 Å². The molecule has 7 heteroatoms. The molecule has 0 saturated heterocycles. The lowest BCUT2D eigenvalue weighted by Crippen LogP contribution is -2.42. The van der Waals surface area contributed by atoms with Crippen LogP contribution in [0.4, 0.5) is 0 Å². The van der Waals surface area contributed by atoms with Gasteiger partial charge in [-0.25, -0.2) is 10.1 Å². The number of aryl methyl sites for hydroxylation is 2. The molecule has 1 amide bonds. The van der Waals surface area contributed by atoms with Crippen molar-refractivity contribution >= 4 is 16.7 Å². The van der Waals surface area contributed by atoms with Crippen LogP contribution >= 0.6 is 0 Å². The lowest BCUT2D eigenvalue weighted by Gasteiger charge is -2.12. The summed E-state index contributed by atoms with van der Waals surface area (Å²) in [6.45, 7) is 4.17. The van der Waals surface area contributed by atoms with E-state index in [-0.39, 0.29) is 18.5 Å². The second-order valence-corrected chi connectivity index (χ2v) is 6.54. The van der Waals surface area contributed by atoms with Crippen LogP contribution in [0.1, 0.15) is 17.5 Å². The number of fused-ring (bicyclic) bond motifs is 1. The van der Waals surface area contributed by atoms with Crippen molar-refractivity contribution in [3.8, 4) is 17.3 Å². The zero-order chi connectivity index (χ0) is 20.1. The monoisotopic (exact) mass is 375 g/mol. The lowest BCUT2D eigenvalue weighted by molar-refractivity contribution is -0.122. The number of benzene rings is 2. The maximum atomic E-state index is 12.8. The summed E-state index contributed by atoms with van der Waals surface area (Å²) >= 11 is 0. The predicted molar refractivity (Wildman–Crippen MR) is 107 cm³/mol. The molecule has 0 spiro atoms. The van der Waals surface area contributed by atoms with Crippen molar-refractivity contribution in [1.82, 2.24) is 20.6 Å². The van der Waals surface area contributed by atoms with Gasteiger partial charge in [0.2, 0.25) is 0 Å². The molecule has 0 fully saturated rings. The van der Waals surface area contributed by atoms with Gasteiger partial charge < -0.3 is 0 Å². The highest BCUT2D eigenvalue weighted by atomic mass is 16.2. The van der Waals surface area contributed by atoms with Crippen LogP contribution in [-0.4, -0.2) is 22.2 Å². The molecule has 3 aromatic rings. The van der Waals surface area contributed by atoms with Gasteiger partial charge in [-0.15, -0.1) is 0 Å². The zero-order valence-electron chi connectivity index (χ0n) is 15.8. The van der Waals surface area contributed by atoms with Crippen molar-refractivity contribution in [2.24, 2.45) is 0 Å². The molecule has 0 radical (unpaired) electrons. The number of carbonyl (C=O) groups is 1. The van der Waals surface area contributed by atoms with Gasteiger partial charge in [0.05, 0.1) is 17.1 Å². The third-order valence-corrected chi connectivity index (χ3v) is 4.53. The number of nitrogens with zero attached hydrogens (tertiary/aromatic N) is 3. The van der Waals surface area contributed by atoms with Gasteiger partial charge in [-0.05, 0) is 37.1 Å². The molecule has 0 bridgehead atoms. The topological polar surface area (TPSA) is 99.8 Å². The largest absolute Gasteiger partial charge is 0.290 e. The van der Waals surface area contributed by atoms with Gasteiger partial charge in [-0.2, -0.15) is 10.4 Å². The Morgan fingerprint density at radius 2 is 1.89 bits per heavy atom. The minimum absolute atomic E-state index is 0.221. The maximum absolute atomic E-state index is 12.8. The number of aromatic nitrogens is 2. The molecule has 142 valence electrons. The number of hydrazine groups is 1. The quantitative estimate of drug-likeness (QED) is 0.508. The summed E-state index contributed by atoms with van der Waals surface area (Å²) in [7, 11) is 0. The van der Waals surface area contributed by atoms with E-state index in [0.717, 1.165) is 16.5 Å². The van der Waals surface area contributed by atoms with Gasteiger partial charge >= 0.3 is 0 Å². The van der Waals surface area contributed by atoms with Gasteiger partial charge in [0.25, 0.3) is 11.5 Å². The maximum Gasteiger partial charge on any atom is 0.275 e. The summed E-state index contributed by atoms with van der Waals surface area (Å²) in [4.78, 5) is 25.0. The number of nitriles is 1. The van der Waals surface area contributed by atoms with Crippen LogP contribution in [0.25, 0.3) is 22.0 Å². The second kappa shape index (κ2) is 8.46. The van der Waals surface area contributed by atoms with E-state index >= 15 is 0 Å². The van der Waals surface area contributed by atoms with Crippen LogP contribution in [-0.2, 0) is 11.3 Å². The minimum Gasteiger partial charge on any atom is -0.290 e. The molecule has 1 aromatic heterocycles. The fraction of sp³-hybridized carbons (Fsp3) is 0.238.